The predicted molar refractivity (Wildman–Crippen MR) is 66.1 cm³/mol. The van der Waals surface area contributed by atoms with Gasteiger partial charge in [0.15, 0.2) is 11.0 Å². The Morgan fingerprint density at radius 2 is 2.00 bits per heavy atom. The second-order valence-electron chi connectivity index (χ2n) is 2.70. The SMILES string of the molecule is CC.CCc1cnc(-c2nsc(N)n2)cn1. The summed E-state index contributed by atoms with van der Waals surface area (Å²) in [6.45, 7) is 6.03. The zero-order valence-electron chi connectivity index (χ0n) is 9.64. The van der Waals surface area contributed by atoms with Gasteiger partial charge in [0.1, 0.15) is 5.69 Å². The van der Waals surface area contributed by atoms with E-state index < -0.39 is 0 Å². The van der Waals surface area contributed by atoms with Crippen molar-refractivity contribution in [1.29, 1.82) is 0 Å². The summed E-state index contributed by atoms with van der Waals surface area (Å²) < 4.78 is 4.04. The fraction of sp³-hybridized carbons (Fsp3) is 0.400. The molecular formula is C10H15N5S. The summed E-state index contributed by atoms with van der Waals surface area (Å²) in [6, 6.07) is 0. The molecule has 6 heteroatoms. The number of nitrogens with zero attached hydrogens (tertiary/aromatic N) is 4. The molecule has 0 unspecified atom stereocenters. The molecule has 0 aliphatic carbocycles. The maximum absolute atomic E-state index is 5.47. The van der Waals surface area contributed by atoms with Crippen molar-refractivity contribution in [3.63, 3.8) is 0 Å². The smallest absolute Gasteiger partial charge is 0.200 e. The van der Waals surface area contributed by atoms with E-state index in [2.05, 4.69) is 19.3 Å². The zero-order chi connectivity index (χ0) is 12.0. The number of rotatable bonds is 2. The molecule has 0 aliphatic heterocycles. The van der Waals surface area contributed by atoms with Gasteiger partial charge in [-0.25, -0.2) is 4.98 Å². The second-order valence-corrected chi connectivity index (χ2v) is 3.49. The molecule has 5 nitrogen and oxygen atoms in total. The maximum Gasteiger partial charge on any atom is 0.200 e. The van der Waals surface area contributed by atoms with Crippen LogP contribution in [0.25, 0.3) is 11.5 Å². The third kappa shape index (κ3) is 2.96. The summed E-state index contributed by atoms with van der Waals surface area (Å²) in [7, 11) is 0. The van der Waals surface area contributed by atoms with Crippen LogP contribution in [0.3, 0.4) is 0 Å². The highest BCUT2D eigenvalue weighted by Gasteiger charge is 2.05. The Morgan fingerprint density at radius 1 is 1.25 bits per heavy atom. The van der Waals surface area contributed by atoms with Gasteiger partial charge in [-0.15, -0.1) is 0 Å². The van der Waals surface area contributed by atoms with Crippen LogP contribution in [0, 0.1) is 0 Å². The third-order valence-corrected chi connectivity index (χ3v) is 2.28. The quantitative estimate of drug-likeness (QED) is 0.866. The lowest BCUT2D eigenvalue weighted by Crippen LogP contribution is -1.92. The minimum absolute atomic E-state index is 0.446. The highest BCUT2D eigenvalue weighted by Crippen LogP contribution is 2.15. The molecule has 0 saturated carbocycles. The Labute approximate surface area is 99.0 Å². The van der Waals surface area contributed by atoms with Crippen molar-refractivity contribution in [2.24, 2.45) is 0 Å². The summed E-state index contributed by atoms with van der Waals surface area (Å²) >= 11 is 1.16. The van der Waals surface area contributed by atoms with Gasteiger partial charge in [-0.1, -0.05) is 20.8 Å². The predicted octanol–water partition coefficient (Wildman–Crippen LogP) is 2.17. The van der Waals surface area contributed by atoms with E-state index in [0.717, 1.165) is 23.6 Å². The molecule has 0 aliphatic rings. The van der Waals surface area contributed by atoms with E-state index in [9.17, 15) is 0 Å². The van der Waals surface area contributed by atoms with Gasteiger partial charge in [-0.3, -0.25) is 4.98 Å². The fourth-order valence-electron chi connectivity index (χ4n) is 0.992. The Kier molecular flexibility index (Phi) is 4.78. The Balaban J connectivity index is 0.000000606. The molecule has 0 radical (unpaired) electrons. The first kappa shape index (κ1) is 12.5. The lowest BCUT2D eigenvalue weighted by Gasteiger charge is -1.95. The molecular weight excluding hydrogens is 222 g/mol. The first-order chi connectivity index (χ1) is 7.79. The molecule has 2 aromatic heterocycles. The van der Waals surface area contributed by atoms with E-state index in [4.69, 9.17) is 5.73 Å². The third-order valence-electron chi connectivity index (χ3n) is 1.74. The normalized spacial score (nSPS) is 9.44. The van der Waals surface area contributed by atoms with Gasteiger partial charge < -0.3 is 5.73 Å². The van der Waals surface area contributed by atoms with Crippen LogP contribution in [0.2, 0.25) is 0 Å². The van der Waals surface area contributed by atoms with Gasteiger partial charge in [-0.05, 0) is 6.42 Å². The van der Waals surface area contributed by atoms with Crippen LogP contribution in [0.4, 0.5) is 5.13 Å². The van der Waals surface area contributed by atoms with Gasteiger partial charge in [0.25, 0.3) is 0 Å². The molecule has 0 spiro atoms. The largest absolute Gasteiger partial charge is 0.374 e. The van der Waals surface area contributed by atoms with Crippen LogP contribution < -0.4 is 5.73 Å². The molecule has 2 rings (SSSR count). The molecule has 0 amide bonds. The van der Waals surface area contributed by atoms with Crippen molar-refractivity contribution in [3.05, 3.63) is 18.1 Å². The zero-order valence-corrected chi connectivity index (χ0v) is 10.5. The lowest BCUT2D eigenvalue weighted by atomic mass is 10.3. The van der Waals surface area contributed by atoms with E-state index in [1.54, 1.807) is 12.4 Å². The van der Waals surface area contributed by atoms with Crippen LogP contribution in [0.5, 0.6) is 0 Å². The van der Waals surface area contributed by atoms with E-state index in [1.807, 2.05) is 20.8 Å². The minimum Gasteiger partial charge on any atom is -0.374 e. The number of hydrogen-bond acceptors (Lipinski definition) is 6. The van der Waals surface area contributed by atoms with Crippen LogP contribution in [-0.4, -0.2) is 19.3 Å². The number of aromatic nitrogens is 4. The Bertz CT molecular complexity index is 423. The molecule has 2 heterocycles. The number of aryl methyl sites for hydroxylation is 1. The van der Waals surface area contributed by atoms with Crippen LogP contribution in [0.1, 0.15) is 26.5 Å². The van der Waals surface area contributed by atoms with Crippen molar-refractivity contribution in [2.75, 3.05) is 5.73 Å². The van der Waals surface area contributed by atoms with Crippen LogP contribution in [0.15, 0.2) is 12.4 Å². The van der Waals surface area contributed by atoms with Gasteiger partial charge in [0, 0.05) is 17.7 Å². The van der Waals surface area contributed by atoms with Crippen molar-refractivity contribution in [2.45, 2.75) is 27.2 Å². The summed E-state index contributed by atoms with van der Waals surface area (Å²) in [6.07, 6.45) is 4.27. The summed E-state index contributed by atoms with van der Waals surface area (Å²) in [5.41, 5.74) is 7.09. The summed E-state index contributed by atoms with van der Waals surface area (Å²) in [5, 5.41) is 0.446. The Hall–Kier alpha value is -1.56. The fourth-order valence-corrected chi connectivity index (χ4v) is 1.43. The number of nitrogen functional groups attached to an aromatic ring is 1. The molecule has 2 aromatic rings. The summed E-state index contributed by atoms with van der Waals surface area (Å²) in [4.78, 5) is 12.4. The molecule has 0 fully saturated rings. The summed E-state index contributed by atoms with van der Waals surface area (Å²) in [5.74, 6) is 0.544. The van der Waals surface area contributed by atoms with Gasteiger partial charge in [0.05, 0.1) is 11.9 Å². The van der Waals surface area contributed by atoms with Crippen molar-refractivity contribution < 1.29 is 0 Å². The minimum atomic E-state index is 0.446. The molecule has 86 valence electrons. The second kappa shape index (κ2) is 6.12. The number of nitrogens with two attached hydrogens (primary N) is 1. The standard InChI is InChI=1S/C8H9N5S.C2H6/c1-2-5-3-11-6(4-10-5)7-12-8(9)14-13-7;1-2/h3-4H,2H2,1H3,(H2,9,12,13);1-2H3. The van der Waals surface area contributed by atoms with E-state index in [0.29, 0.717) is 16.6 Å². The van der Waals surface area contributed by atoms with E-state index in [-0.39, 0.29) is 0 Å². The van der Waals surface area contributed by atoms with Crippen molar-refractivity contribution >= 4 is 16.7 Å². The van der Waals surface area contributed by atoms with Crippen molar-refractivity contribution in [3.8, 4) is 11.5 Å². The first-order valence-corrected chi connectivity index (χ1v) is 5.97. The number of anilines is 1. The molecule has 0 aromatic carbocycles. The maximum atomic E-state index is 5.47. The van der Waals surface area contributed by atoms with Gasteiger partial charge in [-0.2, -0.15) is 9.36 Å². The average Bonchev–Trinajstić information content (AvgIpc) is 2.79. The van der Waals surface area contributed by atoms with Gasteiger partial charge >= 0.3 is 0 Å². The highest BCUT2D eigenvalue weighted by atomic mass is 32.1. The highest BCUT2D eigenvalue weighted by molar-refractivity contribution is 7.09. The monoisotopic (exact) mass is 237 g/mol. The molecule has 0 saturated heterocycles. The van der Waals surface area contributed by atoms with Crippen LogP contribution in [-0.2, 0) is 6.42 Å². The lowest BCUT2D eigenvalue weighted by molar-refractivity contribution is 0.998. The number of hydrogen-bond donors (Lipinski definition) is 1. The van der Waals surface area contributed by atoms with Crippen molar-refractivity contribution in [1.82, 2.24) is 19.3 Å². The molecule has 0 bridgehead atoms. The molecule has 16 heavy (non-hydrogen) atoms. The molecule has 0 atom stereocenters. The van der Waals surface area contributed by atoms with E-state index >= 15 is 0 Å². The molecule has 2 N–H and O–H groups in total. The Morgan fingerprint density at radius 3 is 2.44 bits per heavy atom. The van der Waals surface area contributed by atoms with E-state index in [1.165, 1.54) is 0 Å². The average molecular weight is 237 g/mol. The van der Waals surface area contributed by atoms with Crippen LogP contribution >= 0.6 is 11.5 Å². The van der Waals surface area contributed by atoms with Gasteiger partial charge in [0.2, 0.25) is 0 Å². The first-order valence-electron chi connectivity index (χ1n) is 5.20. The topological polar surface area (TPSA) is 77.6 Å².